The minimum Gasteiger partial charge on any atom is -0.340 e. The van der Waals surface area contributed by atoms with Crippen LogP contribution in [0.25, 0.3) is 0 Å². The third-order valence-corrected chi connectivity index (χ3v) is 20.1. The van der Waals surface area contributed by atoms with E-state index in [4.69, 9.17) is 0 Å². The number of hydrogen-bond acceptors (Lipinski definition) is 20. The van der Waals surface area contributed by atoms with Crippen LogP contribution in [0.5, 0.6) is 0 Å². The summed E-state index contributed by atoms with van der Waals surface area (Å²) < 4.78 is 29.4. The summed E-state index contributed by atoms with van der Waals surface area (Å²) in [6, 6.07) is 1.72. The van der Waals surface area contributed by atoms with Crippen LogP contribution in [-0.2, 0) is 28.8 Å². The Bertz CT molecular complexity index is 4780. The maximum atomic E-state index is 12.9. The molecule has 3 fully saturated rings. The second-order valence-corrected chi connectivity index (χ2v) is 36.5. The number of rotatable bonds is 14. The topological polar surface area (TPSA) is 445 Å². The molecular weight excluding hydrogens is 1810 g/mol. The van der Waals surface area contributed by atoms with Crippen molar-refractivity contribution in [2.75, 3.05) is 13.1 Å². The fourth-order valence-electron chi connectivity index (χ4n) is 11.8. The molecule has 0 radical (unpaired) electrons. The number of allylic oxidation sites excluding steroid dienone is 5. The molecule has 12 rings (SSSR count). The predicted octanol–water partition coefficient (Wildman–Crippen LogP) is 13.8. The minimum atomic E-state index is -0.735. The van der Waals surface area contributed by atoms with Gasteiger partial charge in [0.15, 0.2) is 17.4 Å². The number of hydrazone groups is 3. The highest BCUT2D eigenvalue weighted by Crippen LogP contribution is 2.23. The first-order chi connectivity index (χ1) is 62.3. The lowest BCUT2D eigenvalue weighted by atomic mass is 10.1. The molecule has 10 aliphatic heterocycles. The maximum absolute atomic E-state index is 12.9. The summed E-state index contributed by atoms with van der Waals surface area (Å²) in [4.78, 5) is 185. The molecule has 7 N–H and O–H groups in total. The Balaban J connectivity index is 0.000000737. The summed E-state index contributed by atoms with van der Waals surface area (Å²) in [7, 11) is 0. The van der Waals surface area contributed by atoms with E-state index in [-0.39, 0.29) is 168 Å². The van der Waals surface area contributed by atoms with E-state index in [1.165, 1.54) is 55.7 Å². The van der Waals surface area contributed by atoms with E-state index in [0.29, 0.717) is 54.1 Å². The third-order valence-electron chi connectivity index (χ3n) is 19.4. The van der Waals surface area contributed by atoms with Crippen molar-refractivity contribution in [2.45, 2.75) is 324 Å². The Morgan fingerprint density at radius 1 is 0.511 bits per heavy atom. The number of halogens is 3. The number of urea groups is 7. The maximum Gasteiger partial charge on any atom is 0.348 e. The first kappa shape index (κ1) is 120. The fraction of sp³-hybridized carbons (Fsp3) is 0.548. The standard InChI is InChI=1S/C10H16N2O2.C8H11BrN2O.2C8H11FN2O.C8H13N3O.C8H14N2O2.2C8H12N2O.C7H11N3O.C7H11NO2.C7H13NO.C6H10N2O/c1-7(2)12-5-4-9(6-8(3)13)11-10(12)14;3*1-5(2)11-4-7(9)6(3)10-8(11)12;1-5(2)11-8(12)9-6(3)7(4)10-11;1-5(2)10-6(11)8(3,4)9-7(10)12;2*1-6(2)10-5-4-7(3)9-8(10)11;1-5(2)10-7(11)9-6(3)4-8-10;1-5(2)8-4-6(9)3-7(8)10;1-6(2)8-5-3-4-7(8)9;1-5(2)8-6(9)3-4-7-8/h4-5,7,9H,6H2,1-3H3,(H,11,14);4-5H,3H2,1-2H3,(H,10,12);4-5H,1-3H3;4-5H,3H2,1-2H3,(H,10,12);5H,3H2,1-2,4H3,(H,9,12);5H,1-4H3,(H,9,12);4-6H,1-3H3;4-6H,3H2,1-2H3,(H,9,11);4-5H,3H2,1-2H3,(H,9,11);5H,3-4H2,1-2H3;6H,3-5H2,1-2H3;4-5H,3H2,1-2H3. The lowest BCUT2D eigenvalue weighted by molar-refractivity contribution is -0.131. The van der Waals surface area contributed by atoms with E-state index in [1.54, 1.807) is 103 Å². The average Bonchev–Trinajstić information content (AvgIpc) is 1.63. The number of likely N-dealkylation sites (tertiary alicyclic amines) is 2. The Morgan fingerprint density at radius 2 is 1.00 bits per heavy atom. The van der Waals surface area contributed by atoms with Gasteiger partial charge >= 0.3 is 53.6 Å². The van der Waals surface area contributed by atoms with E-state index in [0.717, 1.165) is 41.5 Å². The van der Waals surface area contributed by atoms with Gasteiger partial charge in [-0.05, 0) is 248 Å². The van der Waals surface area contributed by atoms with Gasteiger partial charge in [-0.25, -0.2) is 67.0 Å². The van der Waals surface area contributed by atoms with Gasteiger partial charge in [0.1, 0.15) is 11.3 Å². The summed E-state index contributed by atoms with van der Waals surface area (Å²) in [6.45, 7) is 75.0. The van der Waals surface area contributed by atoms with Gasteiger partial charge in [-0.2, -0.15) is 25.3 Å². The first-order valence-corrected chi connectivity index (χ1v) is 45.3. The molecule has 3 saturated heterocycles. The molecule has 1 atom stereocenters. The van der Waals surface area contributed by atoms with Crippen LogP contribution in [0.4, 0.5) is 42.3 Å². The number of nitrogens with one attached hydrogen (secondary N) is 7. The number of aryl methyl sites for hydroxylation is 2. The number of ketones is 2. The van der Waals surface area contributed by atoms with Crippen LogP contribution in [0.3, 0.4) is 0 Å². The summed E-state index contributed by atoms with van der Waals surface area (Å²) in [5.41, 5.74) is 2.77. The van der Waals surface area contributed by atoms with E-state index in [9.17, 15) is 80.7 Å². The molecule has 10 aliphatic rings. The summed E-state index contributed by atoms with van der Waals surface area (Å²) in [6.07, 6.45) is 18.9. The molecule has 0 aliphatic carbocycles. The SMILES string of the molecule is C=C1C=CN(C(C)C)C(=O)N1.C=C1C=NN(C(C)C)C(=O)N1.C=C1NC(=O)N(C(C)C)C=C1Br.C=C1NC(=O)N(C(C)C)C=C1F.C=C1NC(=O)N(C(C)C)N=C1C.CC(=O)CC1C=CN(C(C)C)C(=O)N1.CC(C)N1C(=O)NC(C)(C)C1=O.CC(C)N1CC(=O)CC1=O.CC(C)N1CCCC1=O.CC(C)N1N=CCC1=O.Cc1ccn(C(C)C)c(=O)n1.Cc1nc(=O)n(C(C)C)cc1F. The molecule has 748 valence electrons. The van der Waals surface area contributed by atoms with Crippen molar-refractivity contribution < 1.29 is 71.1 Å². The molecule has 0 spiro atoms. The van der Waals surface area contributed by atoms with Crippen molar-refractivity contribution in [2.24, 2.45) is 15.3 Å². The molecule has 2 aromatic heterocycles. The molecule has 0 saturated carbocycles. The molecule has 39 nitrogen and oxygen atoms in total. The number of hydrogen-bond donors (Lipinski definition) is 7. The molecule has 18 amide bonds. The number of carbonyl (C=O) groups excluding carboxylic acids is 13. The van der Waals surface area contributed by atoms with Crippen molar-refractivity contribution >= 4 is 111 Å². The number of Topliss-reactive ketones (excluding diaryl/α,β-unsaturated/α-hetero) is 2. The zero-order chi connectivity index (χ0) is 104. The number of carbonyl (C=O) groups is 13. The van der Waals surface area contributed by atoms with Crippen LogP contribution >= 0.6 is 15.9 Å². The van der Waals surface area contributed by atoms with Gasteiger partial charge < -0.3 is 47.0 Å². The highest BCUT2D eigenvalue weighted by molar-refractivity contribution is 9.12. The average molecular weight is 1960 g/mol. The number of aromatic nitrogens is 4. The highest BCUT2D eigenvalue weighted by Gasteiger charge is 2.45. The van der Waals surface area contributed by atoms with Crippen LogP contribution in [0.2, 0.25) is 0 Å². The smallest absolute Gasteiger partial charge is 0.340 e. The molecular formula is C93H145BrF2N24O15. The van der Waals surface area contributed by atoms with E-state index < -0.39 is 22.9 Å². The Kier molecular flexibility index (Phi) is 50.1. The Labute approximate surface area is 801 Å². The van der Waals surface area contributed by atoms with Crippen LogP contribution < -0.4 is 48.6 Å². The van der Waals surface area contributed by atoms with Gasteiger partial charge in [-0.3, -0.25) is 62.4 Å². The molecule has 0 bridgehead atoms. The van der Waals surface area contributed by atoms with Crippen LogP contribution in [0.15, 0.2) is 152 Å². The first-order valence-electron chi connectivity index (χ1n) is 44.5. The second kappa shape index (κ2) is 56.3. The third kappa shape index (κ3) is 40.4. The van der Waals surface area contributed by atoms with Gasteiger partial charge in [-0.15, -0.1) is 0 Å². The number of imide groups is 1. The van der Waals surface area contributed by atoms with Gasteiger partial charge in [0.2, 0.25) is 17.7 Å². The largest absolute Gasteiger partial charge is 0.348 e. The quantitative estimate of drug-likeness (QED) is 0.0682. The van der Waals surface area contributed by atoms with E-state index in [1.807, 2.05) is 156 Å². The lowest BCUT2D eigenvalue weighted by Gasteiger charge is -2.29. The molecule has 42 heteroatoms. The van der Waals surface area contributed by atoms with Gasteiger partial charge in [-0.1, -0.05) is 32.9 Å². The van der Waals surface area contributed by atoms with E-state index in [2.05, 4.69) is 125 Å². The number of nitrogens with zero attached hydrogens (tertiary/aromatic N) is 17. The number of amides is 18. The monoisotopic (exact) mass is 1960 g/mol. The summed E-state index contributed by atoms with van der Waals surface area (Å²) in [5.74, 6) is -0.569. The predicted molar refractivity (Wildman–Crippen MR) is 523 cm³/mol. The molecule has 2 aromatic rings. The van der Waals surface area contributed by atoms with Gasteiger partial charge in [0.25, 0.3) is 5.91 Å². The summed E-state index contributed by atoms with van der Waals surface area (Å²) in [5, 5.41) is 34.2. The van der Waals surface area contributed by atoms with Crippen molar-refractivity contribution in [3.05, 3.63) is 165 Å². The highest BCUT2D eigenvalue weighted by atomic mass is 79.9. The van der Waals surface area contributed by atoms with Crippen molar-refractivity contribution in [1.29, 1.82) is 0 Å². The van der Waals surface area contributed by atoms with Gasteiger partial charge in [0.05, 0.1) is 82.4 Å². The Hall–Kier alpha value is -12.9. The second-order valence-electron chi connectivity index (χ2n) is 35.6. The minimum absolute atomic E-state index is 0.0249. The normalized spacial score (nSPS) is 17.6. The molecule has 1 unspecified atom stereocenters. The zero-order valence-corrected chi connectivity index (χ0v) is 85.8. The fourth-order valence-corrected chi connectivity index (χ4v) is 12.2. The van der Waals surface area contributed by atoms with Crippen molar-refractivity contribution in [1.82, 2.24) is 106 Å². The zero-order valence-electron chi connectivity index (χ0n) is 84.2. The van der Waals surface area contributed by atoms with Crippen LogP contribution in [-0.4, -0.2) is 249 Å². The van der Waals surface area contributed by atoms with Crippen LogP contribution in [0, 0.1) is 19.7 Å². The summed E-state index contributed by atoms with van der Waals surface area (Å²) >= 11 is 3.30. The Morgan fingerprint density at radius 3 is 1.39 bits per heavy atom. The van der Waals surface area contributed by atoms with Crippen LogP contribution in [0.1, 0.15) is 249 Å². The van der Waals surface area contributed by atoms with Gasteiger partial charge in [0, 0.05) is 135 Å². The van der Waals surface area contributed by atoms with Crippen molar-refractivity contribution in [3.8, 4) is 0 Å². The lowest BCUT2D eigenvalue weighted by Crippen LogP contribution is -2.48. The molecule has 135 heavy (non-hydrogen) atoms. The molecule has 0 aromatic carbocycles. The van der Waals surface area contributed by atoms with Crippen molar-refractivity contribution in [3.63, 3.8) is 0 Å². The van der Waals surface area contributed by atoms with E-state index >= 15 is 0 Å². The molecule has 12 heterocycles.